The van der Waals surface area contributed by atoms with Crippen LogP contribution in [-0.4, -0.2) is 22.9 Å². The minimum absolute atomic E-state index is 0.0425. The van der Waals surface area contributed by atoms with E-state index in [9.17, 15) is 14.4 Å². The van der Waals surface area contributed by atoms with Crippen LogP contribution in [0.15, 0.2) is 42.5 Å². The number of hydrogen-bond acceptors (Lipinski definition) is 3. The second-order valence-corrected chi connectivity index (χ2v) is 4.71. The van der Waals surface area contributed by atoms with Gasteiger partial charge in [0.15, 0.2) is 0 Å². The van der Waals surface area contributed by atoms with Gasteiger partial charge >= 0.3 is 5.97 Å². The average Bonchev–Trinajstić information content (AvgIpc) is 2.78. The number of anilines is 1. The Kier molecular flexibility index (Phi) is 3.00. The van der Waals surface area contributed by atoms with Crippen molar-refractivity contribution in [3.05, 3.63) is 64.7 Å². The molecule has 0 aliphatic carbocycles. The molecule has 0 spiro atoms. The largest absolute Gasteiger partial charge is 0.478 e. The van der Waals surface area contributed by atoms with Crippen LogP contribution in [0.3, 0.4) is 0 Å². The molecule has 0 radical (unpaired) electrons. The zero-order valence-corrected chi connectivity index (χ0v) is 11.2. The van der Waals surface area contributed by atoms with Crippen molar-refractivity contribution in [2.24, 2.45) is 0 Å². The summed E-state index contributed by atoms with van der Waals surface area (Å²) < 4.78 is 0. The summed E-state index contributed by atoms with van der Waals surface area (Å²) in [5, 5.41) is 8.99. The highest BCUT2D eigenvalue weighted by Crippen LogP contribution is 2.29. The van der Waals surface area contributed by atoms with Crippen LogP contribution >= 0.6 is 0 Å². The molecule has 1 heterocycles. The number of benzene rings is 2. The summed E-state index contributed by atoms with van der Waals surface area (Å²) in [6.07, 6.45) is 5.32. The summed E-state index contributed by atoms with van der Waals surface area (Å²) >= 11 is 0. The number of imide groups is 1. The Hall–Kier alpha value is -3.39. The minimum Gasteiger partial charge on any atom is -0.478 e. The Labute approximate surface area is 125 Å². The smallest absolute Gasteiger partial charge is 0.335 e. The third kappa shape index (κ3) is 1.95. The summed E-state index contributed by atoms with van der Waals surface area (Å²) in [4.78, 5) is 36.8. The van der Waals surface area contributed by atoms with Crippen molar-refractivity contribution in [2.45, 2.75) is 0 Å². The van der Waals surface area contributed by atoms with E-state index < -0.39 is 17.8 Å². The Morgan fingerprint density at radius 2 is 1.77 bits per heavy atom. The lowest BCUT2D eigenvalue weighted by molar-refractivity contribution is 0.0696. The molecule has 0 saturated heterocycles. The first-order valence-corrected chi connectivity index (χ1v) is 6.35. The number of nitrogens with zero attached hydrogens (tertiary/aromatic N) is 1. The number of carbonyl (C=O) groups excluding carboxylic acids is 2. The van der Waals surface area contributed by atoms with Crippen LogP contribution in [0.4, 0.5) is 5.69 Å². The van der Waals surface area contributed by atoms with Crippen LogP contribution in [0.2, 0.25) is 0 Å². The molecule has 0 bridgehead atoms. The second-order valence-electron chi connectivity index (χ2n) is 4.71. The molecule has 0 atom stereocenters. The maximum absolute atomic E-state index is 12.4. The molecule has 106 valence electrons. The lowest BCUT2D eigenvalue weighted by Gasteiger charge is -2.13. The molecule has 0 unspecified atom stereocenters. The standard InChI is InChI=1S/C17H9NO4/c1-2-10-4-3-5-12(8-10)18-15(19)13-7-6-11(17(21)22)9-14(13)16(18)20/h1,3-9H,(H,21,22). The van der Waals surface area contributed by atoms with Gasteiger partial charge in [0.25, 0.3) is 11.8 Å². The molecule has 0 fully saturated rings. The van der Waals surface area contributed by atoms with E-state index in [1.807, 2.05) is 0 Å². The van der Waals surface area contributed by atoms with Gasteiger partial charge in [-0.2, -0.15) is 0 Å². The monoisotopic (exact) mass is 291 g/mol. The summed E-state index contributed by atoms with van der Waals surface area (Å²) in [7, 11) is 0. The predicted octanol–water partition coefficient (Wildman–Crippen LogP) is 2.17. The quantitative estimate of drug-likeness (QED) is 0.679. The van der Waals surface area contributed by atoms with Crippen molar-refractivity contribution < 1.29 is 19.5 Å². The topological polar surface area (TPSA) is 74.7 Å². The molecular formula is C17H9NO4. The fourth-order valence-electron chi connectivity index (χ4n) is 2.34. The number of aromatic carboxylic acids is 1. The van der Waals surface area contributed by atoms with Gasteiger partial charge < -0.3 is 5.11 Å². The minimum atomic E-state index is -1.16. The van der Waals surface area contributed by atoms with Crippen LogP contribution in [0.1, 0.15) is 36.6 Å². The first kappa shape index (κ1) is 13.6. The number of carbonyl (C=O) groups is 3. The van der Waals surface area contributed by atoms with E-state index in [-0.39, 0.29) is 16.7 Å². The van der Waals surface area contributed by atoms with E-state index in [4.69, 9.17) is 11.5 Å². The number of fused-ring (bicyclic) bond motifs is 1. The Morgan fingerprint density at radius 3 is 2.45 bits per heavy atom. The van der Waals surface area contributed by atoms with E-state index in [0.29, 0.717) is 11.3 Å². The lowest BCUT2D eigenvalue weighted by atomic mass is 10.1. The van der Waals surface area contributed by atoms with Crippen LogP contribution in [-0.2, 0) is 0 Å². The van der Waals surface area contributed by atoms with E-state index >= 15 is 0 Å². The lowest BCUT2D eigenvalue weighted by Crippen LogP contribution is -2.29. The van der Waals surface area contributed by atoms with Crippen LogP contribution in [0, 0.1) is 12.3 Å². The predicted molar refractivity (Wildman–Crippen MR) is 78.9 cm³/mol. The van der Waals surface area contributed by atoms with Gasteiger partial charge in [-0.25, -0.2) is 9.69 Å². The van der Waals surface area contributed by atoms with Gasteiger partial charge in [-0.05, 0) is 36.4 Å². The molecule has 2 amide bonds. The van der Waals surface area contributed by atoms with Crippen LogP contribution in [0.25, 0.3) is 0 Å². The zero-order valence-electron chi connectivity index (χ0n) is 11.2. The highest BCUT2D eigenvalue weighted by Gasteiger charge is 2.37. The number of rotatable bonds is 2. The molecular weight excluding hydrogens is 282 g/mol. The number of terminal acetylenes is 1. The van der Waals surface area contributed by atoms with E-state index in [1.165, 1.54) is 18.2 Å². The van der Waals surface area contributed by atoms with Crippen LogP contribution in [0.5, 0.6) is 0 Å². The average molecular weight is 291 g/mol. The normalized spacial score (nSPS) is 13.0. The Balaban J connectivity index is 2.10. The highest BCUT2D eigenvalue weighted by atomic mass is 16.4. The van der Waals surface area contributed by atoms with Gasteiger partial charge in [0, 0.05) is 5.56 Å². The summed E-state index contributed by atoms with van der Waals surface area (Å²) in [6.45, 7) is 0. The fraction of sp³-hybridized carbons (Fsp3) is 0. The maximum atomic E-state index is 12.4. The van der Waals surface area contributed by atoms with Crippen molar-refractivity contribution in [1.82, 2.24) is 0 Å². The molecule has 1 N–H and O–H groups in total. The molecule has 1 aliphatic heterocycles. The Morgan fingerprint density at radius 1 is 1.05 bits per heavy atom. The van der Waals surface area contributed by atoms with Crippen molar-refractivity contribution in [3.8, 4) is 12.3 Å². The molecule has 22 heavy (non-hydrogen) atoms. The number of amides is 2. The van der Waals surface area contributed by atoms with E-state index in [1.54, 1.807) is 24.3 Å². The second kappa shape index (κ2) is 4.86. The van der Waals surface area contributed by atoms with Gasteiger partial charge in [-0.15, -0.1) is 6.42 Å². The van der Waals surface area contributed by atoms with Gasteiger partial charge in [-0.3, -0.25) is 9.59 Å². The number of carboxylic acid groups (broad SMARTS) is 1. The molecule has 5 nitrogen and oxygen atoms in total. The third-order valence-electron chi connectivity index (χ3n) is 3.40. The van der Waals surface area contributed by atoms with Crippen molar-refractivity contribution in [1.29, 1.82) is 0 Å². The molecule has 2 aromatic carbocycles. The van der Waals surface area contributed by atoms with Gasteiger partial charge in [0.05, 0.1) is 22.4 Å². The van der Waals surface area contributed by atoms with E-state index in [2.05, 4.69) is 5.92 Å². The number of carboxylic acids is 1. The van der Waals surface area contributed by atoms with Gasteiger partial charge in [0.1, 0.15) is 0 Å². The Bertz CT molecular complexity index is 876. The zero-order chi connectivity index (χ0) is 15.9. The molecule has 5 heteroatoms. The van der Waals surface area contributed by atoms with Crippen molar-refractivity contribution in [2.75, 3.05) is 4.90 Å². The molecule has 0 saturated carbocycles. The third-order valence-corrected chi connectivity index (χ3v) is 3.40. The molecule has 0 aromatic heterocycles. The van der Waals surface area contributed by atoms with Gasteiger partial charge in [0.2, 0.25) is 0 Å². The molecule has 2 aromatic rings. The fourth-order valence-corrected chi connectivity index (χ4v) is 2.34. The molecule has 3 rings (SSSR count). The number of hydrogen-bond donors (Lipinski definition) is 1. The SMILES string of the molecule is C#Cc1cccc(N2C(=O)c3ccc(C(=O)O)cc3C2=O)c1. The highest BCUT2D eigenvalue weighted by molar-refractivity contribution is 6.34. The summed E-state index contributed by atoms with van der Waals surface area (Å²) in [5.74, 6) is 0.230. The first-order valence-electron chi connectivity index (χ1n) is 6.35. The van der Waals surface area contributed by atoms with E-state index in [0.717, 1.165) is 4.90 Å². The first-order chi connectivity index (χ1) is 10.5. The van der Waals surface area contributed by atoms with Crippen molar-refractivity contribution >= 4 is 23.5 Å². The van der Waals surface area contributed by atoms with Crippen molar-refractivity contribution in [3.63, 3.8) is 0 Å². The molecule has 1 aliphatic rings. The van der Waals surface area contributed by atoms with Gasteiger partial charge in [-0.1, -0.05) is 12.0 Å². The van der Waals surface area contributed by atoms with Crippen LogP contribution < -0.4 is 4.90 Å². The summed E-state index contributed by atoms with van der Waals surface area (Å²) in [5.41, 5.74) is 1.12. The summed E-state index contributed by atoms with van der Waals surface area (Å²) in [6, 6.07) is 10.3. The maximum Gasteiger partial charge on any atom is 0.335 e.